The second kappa shape index (κ2) is 10.7. The molecule has 0 unspecified atom stereocenters. The Bertz CT molecular complexity index is 1610. The molecule has 0 radical (unpaired) electrons. The number of ether oxygens (including phenoxy) is 1. The van der Waals surface area contributed by atoms with Gasteiger partial charge in [-0.15, -0.1) is 11.3 Å². The molecule has 5 aromatic rings. The van der Waals surface area contributed by atoms with E-state index in [9.17, 15) is 9.59 Å². The summed E-state index contributed by atoms with van der Waals surface area (Å²) in [6.07, 6.45) is 0. The van der Waals surface area contributed by atoms with Crippen molar-refractivity contribution >= 4 is 55.0 Å². The van der Waals surface area contributed by atoms with E-state index in [-0.39, 0.29) is 12.5 Å². The number of pyridine rings is 1. The van der Waals surface area contributed by atoms with Gasteiger partial charge in [-0.05, 0) is 43.7 Å². The Labute approximate surface area is 227 Å². The Kier molecular flexibility index (Phi) is 7.17. The first kappa shape index (κ1) is 24.9. The number of anilines is 1. The minimum Gasteiger partial charge on any atom is -0.462 e. The molecule has 7 heteroatoms. The second-order valence-electron chi connectivity index (χ2n) is 8.47. The minimum absolute atomic E-state index is 0.237. The molecule has 3 aromatic carbocycles. The Morgan fingerprint density at radius 2 is 1.68 bits per heavy atom. The van der Waals surface area contributed by atoms with Crippen molar-refractivity contribution in [3.05, 3.63) is 105 Å². The Morgan fingerprint density at radius 3 is 2.41 bits per heavy atom. The van der Waals surface area contributed by atoms with Crippen LogP contribution in [0, 0.1) is 6.92 Å². The van der Waals surface area contributed by atoms with Crippen LogP contribution in [0.25, 0.3) is 33.3 Å². The fourth-order valence-corrected chi connectivity index (χ4v) is 5.32. The van der Waals surface area contributed by atoms with Crippen LogP contribution in [0.2, 0.25) is 0 Å². The number of aryl methyl sites for hydroxylation is 1. The van der Waals surface area contributed by atoms with Crippen molar-refractivity contribution in [2.75, 3.05) is 11.9 Å². The number of thiophene rings is 1. The molecule has 0 aliphatic rings. The van der Waals surface area contributed by atoms with Gasteiger partial charge >= 0.3 is 5.97 Å². The van der Waals surface area contributed by atoms with Crippen LogP contribution in [0.4, 0.5) is 5.00 Å². The van der Waals surface area contributed by atoms with E-state index in [2.05, 4.69) is 21.2 Å². The maximum atomic E-state index is 13.7. The first-order chi connectivity index (χ1) is 17.9. The third-order valence-corrected chi connectivity index (χ3v) is 7.39. The van der Waals surface area contributed by atoms with Gasteiger partial charge in [0.15, 0.2) is 0 Å². The van der Waals surface area contributed by atoms with Crippen LogP contribution in [0.15, 0.2) is 88.7 Å². The molecule has 1 amide bonds. The van der Waals surface area contributed by atoms with E-state index in [0.29, 0.717) is 27.3 Å². The van der Waals surface area contributed by atoms with Gasteiger partial charge < -0.3 is 10.1 Å². The Morgan fingerprint density at radius 1 is 0.973 bits per heavy atom. The van der Waals surface area contributed by atoms with Crippen LogP contribution >= 0.6 is 27.3 Å². The zero-order chi connectivity index (χ0) is 25.9. The summed E-state index contributed by atoms with van der Waals surface area (Å²) >= 11 is 4.77. The molecular formula is C30H23BrN2O3S. The lowest BCUT2D eigenvalue weighted by molar-refractivity contribution is 0.0529. The lowest BCUT2D eigenvalue weighted by Crippen LogP contribution is -2.15. The molecule has 0 saturated carbocycles. The summed E-state index contributed by atoms with van der Waals surface area (Å²) in [6, 6.07) is 25.0. The average Bonchev–Trinajstić information content (AvgIpc) is 3.32. The van der Waals surface area contributed by atoms with Crippen LogP contribution in [-0.2, 0) is 4.74 Å². The van der Waals surface area contributed by atoms with Gasteiger partial charge in [0.1, 0.15) is 10.6 Å². The fourth-order valence-electron chi connectivity index (χ4n) is 4.10. The highest BCUT2D eigenvalue weighted by atomic mass is 79.9. The van der Waals surface area contributed by atoms with Crippen LogP contribution in [0.1, 0.15) is 33.2 Å². The van der Waals surface area contributed by atoms with Crippen molar-refractivity contribution in [1.82, 2.24) is 4.98 Å². The first-order valence-corrected chi connectivity index (χ1v) is 13.4. The summed E-state index contributed by atoms with van der Waals surface area (Å²) in [5.74, 6) is -0.787. The van der Waals surface area contributed by atoms with E-state index in [1.807, 2.05) is 85.1 Å². The van der Waals surface area contributed by atoms with E-state index < -0.39 is 5.97 Å². The van der Waals surface area contributed by atoms with Crippen molar-refractivity contribution in [1.29, 1.82) is 0 Å². The number of carbonyl (C=O) groups is 2. The summed E-state index contributed by atoms with van der Waals surface area (Å²) in [7, 11) is 0. The van der Waals surface area contributed by atoms with E-state index in [4.69, 9.17) is 9.72 Å². The monoisotopic (exact) mass is 570 g/mol. The number of aromatic nitrogens is 1. The molecule has 0 fully saturated rings. The molecule has 0 spiro atoms. The summed E-state index contributed by atoms with van der Waals surface area (Å²) in [5, 5.41) is 6.05. The van der Waals surface area contributed by atoms with Gasteiger partial charge in [0, 0.05) is 26.4 Å². The standard InChI is InChI=1S/C30H23BrN2O3S/c1-3-36-30(35)27-24(19-10-8-18(2)9-11-19)17-37-29(27)33-28(34)23-16-26(20-12-14-21(31)15-13-20)32-25-7-5-4-6-22(23)25/h4-17H,3H2,1-2H3,(H,33,34). The molecule has 5 nitrogen and oxygen atoms in total. The van der Waals surface area contributed by atoms with Crippen LogP contribution in [0.5, 0.6) is 0 Å². The second-order valence-corrected chi connectivity index (χ2v) is 10.3. The molecule has 37 heavy (non-hydrogen) atoms. The number of fused-ring (bicyclic) bond motifs is 1. The smallest absolute Gasteiger partial charge is 0.341 e. The molecule has 2 heterocycles. The van der Waals surface area contributed by atoms with Crippen molar-refractivity contribution in [2.24, 2.45) is 0 Å². The average molecular weight is 571 g/mol. The summed E-state index contributed by atoms with van der Waals surface area (Å²) in [6.45, 7) is 4.01. The Hall–Kier alpha value is -3.81. The number of para-hydroxylation sites is 1. The van der Waals surface area contributed by atoms with E-state index in [0.717, 1.165) is 32.1 Å². The molecule has 184 valence electrons. The summed E-state index contributed by atoms with van der Waals surface area (Å²) < 4.78 is 6.32. The molecule has 5 rings (SSSR count). The molecule has 1 N–H and O–H groups in total. The van der Waals surface area contributed by atoms with Crippen LogP contribution in [-0.4, -0.2) is 23.5 Å². The number of nitrogens with one attached hydrogen (secondary N) is 1. The number of hydrogen-bond donors (Lipinski definition) is 1. The number of halogens is 1. The van der Waals surface area contributed by atoms with Crippen LogP contribution < -0.4 is 5.32 Å². The van der Waals surface area contributed by atoms with Gasteiger partial charge in [0.05, 0.1) is 23.4 Å². The Balaban J connectivity index is 1.57. The lowest BCUT2D eigenvalue weighted by Gasteiger charge is -2.12. The van der Waals surface area contributed by atoms with Gasteiger partial charge in [-0.25, -0.2) is 9.78 Å². The van der Waals surface area contributed by atoms with Crippen molar-refractivity contribution in [2.45, 2.75) is 13.8 Å². The molecule has 0 aliphatic heterocycles. The zero-order valence-corrected chi connectivity index (χ0v) is 22.7. The van der Waals surface area contributed by atoms with Crippen LogP contribution in [0.3, 0.4) is 0 Å². The molecule has 2 aromatic heterocycles. The highest BCUT2D eigenvalue weighted by molar-refractivity contribution is 9.10. The van der Waals surface area contributed by atoms with Gasteiger partial charge in [-0.2, -0.15) is 0 Å². The quantitative estimate of drug-likeness (QED) is 0.209. The van der Waals surface area contributed by atoms with E-state index in [1.165, 1.54) is 11.3 Å². The predicted molar refractivity (Wildman–Crippen MR) is 153 cm³/mol. The molecule has 0 bridgehead atoms. The van der Waals surface area contributed by atoms with Gasteiger partial charge in [-0.3, -0.25) is 4.79 Å². The number of carbonyl (C=O) groups excluding carboxylic acids is 2. The maximum absolute atomic E-state index is 13.7. The SMILES string of the molecule is CCOC(=O)c1c(-c2ccc(C)cc2)csc1NC(=O)c1cc(-c2ccc(Br)cc2)nc2ccccc12. The summed E-state index contributed by atoms with van der Waals surface area (Å²) in [5.41, 5.74) is 5.87. The van der Waals surface area contributed by atoms with Crippen molar-refractivity contribution < 1.29 is 14.3 Å². The van der Waals surface area contributed by atoms with E-state index >= 15 is 0 Å². The van der Waals surface area contributed by atoms with Crippen molar-refractivity contribution in [3.63, 3.8) is 0 Å². The topological polar surface area (TPSA) is 68.3 Å². The van der Waals surface area contributed by atoms with Gasteiger partial charge in [-0.1, -0.05) is 76.1 Å². The molecule has 0 saturated heterocycles. The van der Waals surface area contributed by atoms with E-state index in [1.54, 1.807) is 13.0 Å². The van der Waals surface area contributed by atoms with Gasteiger partial charge in [0.25, 0.3) is 5.91 Å². The molecule has 0 atom stereocenters. The first-order valence-electron chi connectivity index (χ1n) is 11.8. The number of esters is 1. The zero-order valence-electron chi connectivity index (χ0n) is 20.2. The highest BCUT2D eigenvalue weighted by Gasteiger charge is 2.24. The third-order valence-electron chi connectivity index (χ3n) is 5.96. The molecule has 0 aliphatic carbocycles. The fraction of sp³-hybridized carbons (Fsp3) is 0.100. The number of nitrogens with zero attached hydrogens (tertiary/aromatic N) is 1. The number of hydrogen-bond acceptors (Lipinski definition) is 5. The normalized spacial score (nSPS) is 10.9. The minimum atomic E-state index is -0.468. The lowest BCUT2D eigenvalue weighted by atomic mass is 10.0. The predicted octanol–water partition coefficient (Wildman–Crippen LogP) is 8.13. The number of benzene rings is 3. The number of amides is 1. The van der Waals surface area contributed by atoms with Gasteiger partial charge in [0.2, 0.25) is 0 Å². The van der Waals surface area contributed by atoms with Crippen molar-refractivity contribution in [3.8, 4) is 22.4 Å². The maximum Gasteiger partial charge on any atom is 0.341 e. The summed E-state index contributed by atoms with van der Waals surface area (Å²) in [4.78, 5) is 31.5. The number of rotatable bonds is 6. The molecular weight excluding hydrogens is 548 g/mol. The largest absolute Gasteiger partial charge is 0.462 e. The highest BCUT2D eigenvalue weighted by Crippen LogP contribution is 2.37. The third kappa shape index (κ3) is 5.19.